The Labute approximate surface area is 81.9 Å². The zero-order chi connectivity index (χ0) is 10.1. The second kappa shape index (κ2) is 3.21. The number of amides is 1. The van der Waals surface area contributed by atoms with E-state index in [1.165, 1.54) is 4.90 Å². The Bertz CT molecular complexity index is 342. The Morgan fingerprint density at radius 3 is 2.43 bits per heavy atom. The van der Waals surface area contributed by atoms with E-state index in [9.17, 15) is 4.79 Å². The van der Waals surface area contributed by atoms with E-state index in [4.69, 9.17) is 10.8 Å². The second-order valence-electron chi connectivity index (χ2n) is 3.55. The third-order valence-electron chi connectivity index (χ3n) is 2.56. The molecule has 0 aromatic heterocycles. The number of hydrogen-bond acceptors (Lipinski definition) is 2. The van der Waals surface area contributed by atoms with E-state index < -0.39 is 6.09 Å². The van der Waals surface area contributed by atoms with Gasteiger partial charge in [0.05, 0.1) is 0 Å². The van der Waals surface area contributed by atoms with E-state index in [0.717, 1.165) is 11.3 Å². The van der Waals surface area contributed by atoms with Gasteiger partial charge in [-0.3, -0.25) is 0 Å². The zero-order valence-electron chi connectivity index (χ0n) is 7.68. The van der Waals surface area contributed by atoms with Crippen LogP contribution in [0.1, 0.15) is 11.5 Å². The molecule has 0 atom stereocenters. The quantitative estimate of drug-likeness (QED) is 0.660. The van der Waals surface area contributed by atoms with E-state index in [-0.39, 0.29) is 0 Å². The Balaban J connectivity index is 2.00. The van der Waals surface area contributed by atoms with Crippen LogP contribution < -0.4 is 5.73 Å². The number of anilines is 1. The van der Waals surface area contributed by atoms with Crippen molar-refractivity contribution in [1.82, 2.24) is 4.90 Å². The molecule has 1 amide bonds. The number of carboxylic acid groups (broad SMARTS) is 1. The van der Waals surface area contributed by atoms with Gasteiger partial charge in [-0.1, -0.05) is 12.1 Å². The first-order chi connectivity index (χ1) is 6.66. The maximum atomic E-state index is 10.5. The fourth-order valence-corrected chi connectivity index (χ4v) is 1.61. The van der Waals surface area contributed by atoms with Crippen LogP contribution in [0.15, 0.2) is 24.3 Å². The van der Waals surface area contributed by atoms with E-state index in [1.54, 1.807) is 0 Å². The molecule has 1 fully saturated rings. The van der Waals surface area contributed by atoms with Crippen LogP contribution in [0.4, 0.5) is 10.5 Å². The molecule has 0 spiro atoms. The fraction of sp³-hybridized carbons (Fsp3) is 0.300. The third kappa shape index (κ3) is 1.51. The normalized spacial score (nSPS) is 16.4. The first-order valence-corrected chi connectivity index (χ1v) is 4.50. The molecule has 1 aromatic rings. The summed E-state index contributed by atoms with van der Waals surface area (Å²) in [4.78, 5) is 11.9. The highest BCUT2D eigenvalue weighted by atomic mass is 16.4. The Morgan fingerprint density at radius 2 is 1.93 bits per heavy atom. The summed E-state index contributed by atoms with van der Waals surface area (Å²) in [5.41, 5.74) is 7.46. The number of nitrogens with zero attached hydrogens (tertiary/aromatic N) is 1. The van der Waals surface area contributed by atoms with Crippen molar-refractivity contribution < 1.29 is 9.90 Å². The van der Waals surface area contributed by atoms with Crippen molar-refractivity contribution in [3.05, 3.63) is 29.8 Å². The zero-order valence-corrected chi connectivity index (χ0v) is 7.68. The molecule has 2 rings (SSSR count). The minimum atomic E-state index is -0.836. The van der Waals surface area contributed by atoms with E-state index >= 15 is 0 Å². The predicted octanol–water partition coefficient (Wildman–Crippen LogP) is 1.35. The minimum Gasteiger partial charge on any atom is -0.465 e. The van der Waals surface area contributed by atoms with Crippen molar-refractivity contribution >= 4 is 11.8 Å². The van der Waals surface area contributed by atoms with Crippen LogP contribution in [0.3, 0.4) is 0 Å². The van der Waals surface area contributed by atoms with Crippen LogP contribution in [-0.4, -0.2) is 29.2 Å². The Hall–Kier alpha value is -1.71. The molecule has 14 heavy (non-hydrogen) atoms. The fourth-order valence-electron chi connectivity index (χ4n) is 1.61. The first-order valence-electron chi connectivity index (χ1n) is 4.50. The van der Waals surface area contributed by atoms with E-state index in [1.807, 2.05) is 24.3 Å². The lowest BCUT2D eigenvalue weighted by Gasteiger charge is -2.37. The van der Waals surface area contributed by atoms with Gasteiger partial charge in [0.25, 0.3) is 0 Å². The van der Waals surface area contributed by atoms with Gasteiger partial charge in [-0.15, -0.1) is 0 Å². The molecule has 0 radical (unpaired) electrons. The van der Waals surface area contributed by atoms with Crippen molar-refractivity contribution in [2.75, 3.05) is 18.8 Å². The summed E-state index contributed by atoms with van der Waals surface area (Å²) in [7, 11) is 0. The van der Waals surface area contributed by atoms with Crippen LogP contribution in [-0.2, 0) is 0 Å². The lowest BCUT2D eigenvalue weighted by Crippen LogP contribution is -2.47. The summed E-state index contributed by atoms with van der Waals surface area (Å²) in [6, 6.07) is 7.61. The molecule has 0 aliphatic carbocycles. The van der Waals surface area contributed by atoms with Crippen molar-refractivity contribution in [2.24, 2.45) is 0 Å². The van der Waals surface area contributed by atoms with Gasteiger partial charge in [0, 0.05) is 24.7 Å². The van der Waals surface area contributed by atoms with Gasteiger partial charge in [-0.25, -0.2) is 4.79 Å². The molecule has 4 heteroatoms. The summed E-state index contributed by atoms with van der Waals surface area (Å²) in [5, 5.41) is 8.65. The van der Waals surface area contributed by atoms with E-state index in [0.29, 0.717) is 19.0 Å². The predicted molar refractivity (Wildman–Crippen MR) is 53.2 cm³/mol. The molecule has 0 bridgehead atoms. The topological polar surface area (TPSA) is 66.6 Å². The Morgan fingerprint density at radius 1 is 1.36 bits per heavy atom. The lowest BCUT2D eigenvalue weighted by molar-refractivity contribution is 0.105. The molecule has 74 valence electrons. The van der Waals surface area contributed by atoms with Crippen molar-refractivity contribution in [3.8, 4) is 0 Å². The smallest absolute Gasteiger partial charge is 0.407 e. The van der Waals surface area contributed by atoms with Gasteiger partial charge in [0.15, 0.2) is 0 Å². The maximum absolute atomic E-state index is 10.5. The minimum absolute atomic E-state index is 0.340. The van der Waals surface area contributed by atoms with Gasteiger partial charge >= 0.3 is 6.09 Å². The molecular formula is C10H12N2O2. The first kappa shape index (κ1) is 8.87. The van der Waals surface area contributed by atoms with Crippen LogP contribution in [0, 0.1) is 0 Å². The highest BCUT2D eigenvalue weighted by Gasteiger charge is 2.31. The Kier molecular flexibility index (Phi) is 2.04. The number of carbonyl (C=O) groups is 1. The van der Waals surface area contributed by atoms with Crippen LogP contribution in [0.25, 0.3) is 0 Å². The number of nitrogens with two attached hydrogens (primary N) is 1. The number of nitrogen functional groups attached to an aromatic ring is 1. The van der Waals surface area contributed by atoms with E-state index in [2.05, 4.69) is 0 Å². The van der Waals surface area contributed by atoms with Gasteiger partial charge in [0.1, 0.15) is 0 Å². The number of rotatable bonds is 1. The highest BCUT2D eigenvalue weighted by Crippen LogP contribution is 2.27. The molecule has 0 unspecified atom stereocenters. The summed E-state index contributed by atoms with van der Waals surface area (Å²) in [6.45, 7) is 1.19. The second-order valence-corrected chi connectivity index (χ2v) is 3.55. The van der Waals surface area contributed by atoms with Gasteiger partial charge in [-0.2, -0.15) is 0 Å². The lowest BCUT2D eigenvalue weighted by atomic mass is 9.92. The van der Waals surface area contributed by atoms with Crippen molar-refractivity contribution in [2.45, 2.75) is 5.92 Å². The molecule has 0 saturated carbocycles. The molecular weight excluding hydrogens is 180 g/mol. The molecule has 4 nitrogen and oxygen atoms in total. The van der Waals surface area contributed by atoms with Gasteiger partial charge in [0.2, 0.25) is 0 Å². The number of hydrogen-bond donors (Lipinski definition) is 2. The third-order valence-corrected chi connectivity index (χ3v) is 2.56. The van der Waals surface area contributed by atoms with Crippen LogP contribution in [0.2, 0.25) is 0 Å². The summed E-state index contributed by atoms with van der Waals surface area (Å²) in [5.74, 6) is 0.340. The van der Waals surface area contributed by atoms with Crippen molar-refractivity contribution in [3.63, 3.8) is 0 Å². The van der Waals surface area contributed by atoms with Crippen molar-refractivity contribution in [1.29, 1.82) is 0 Å². The summed E-state index contributed by atoms with van der Waals surface area (Å²) < 4.78 is 0. The van der Waals surface area contributed by atoms with Gasteiger partial charge < -0.3 is 15.7 Å². The number of likely N-dealkylation sites (tertiary alicyclic amines) is 1. The average Bonchev–Trinajstić information content (AvgIpc) is 2.05. The van der Waals surface area contributed by atoms with Gasteiger partial charge in [-0.05, 0) is 17.7 Å². The molecule has 3 N–H and O–H groups in total. The number of benzene rings is 1. The summed E-state index contributed by atoms with van der Waals surface area (Å²) >= 11 is 0. The molecule has 1 aliphatic heterocycles. The molecule has 1 aromatic carbocycles. The van der Waals surface area contributed by atoms with Crippen LogP contribution >= 0.6 is 0 Å². The monoisotopic (exact) mass is 192 g/mol. The standard InChI is InChI=1S/C10H12N2O2/c11-9-3-1-7(2-4-9)8-5-12(6-8)10(13)14/h1-4,8H,5-6,11H2,(H,13,14). The average molecular weight is 192 g/mol. The summed E-state index contributed by atoms with van der Waals surface area (Å²) in [6.07, 6.45) is -0.836. The molecule has 1 saturated heterocycles. The highest BCUT2D eigenvalue weighted by molar-refractivity contribution is 5.66. The van der Waals surface area contributed by atoms with Crippen LogP contribution in [0.5, 0.6) is 0 Å². The SMILES string of the molecule is Nc1ccc(C2CN(C(=O)O)C2)cc1. The maximum Gasteiger partial charge on any atom is 0.407 e. The largest absolute Gasteiger partial charge is 0.465 e. The molecule has 1 aliphatic rings. The molecule has 1 heterocycles.